The predicted molar refractivity (Wildman–Crippen MR) is 86.2 cm³/mol. The third-order valence-electron chi connectivity index (χ3n) is 5.26. The first kappa shape index (κ1) is 19.0. The topological polar surface area (TPSA) is 107 Å². The van der Waals surface area contributed by atoms with Gasteiger partial charge in [0.05, 0.1) is 24.3 Å². The van der Waals surface area contributed by atoms with Gasteiger partial charge in [-0.05, 0) is 31.2 Å². The Hall–Kier alpha value is -2.08. The van der Waals surface area contributed by atoms with Crippen LogP contribution in [-0.4, -0.2) is 12.6 Å². The summed E-state index contributed by atoms with van der Waals surface area (Å²) in [6.07, 6.45) is 4.18. The van der Waals surface area contributed by atoms with Crippen LogP contribution >= 0.6 is 0 Å². The molecule has 0 aliphatic heterocycles. The van der Waals surface area contributed by atoms with E-state index in [0.29, 0.717) is 13.0 Å². The number of hydrogen-bond donors (Lipinski definition) is 1. The molecule has 0 bridgehead atoms. The van der Waals surface area contributed by atoms with E-state index in [9.17, 15) is 21.0 Å². The molecule has 1 fully saturated rings. The molecule has 0 aromatic carbocycles. The van der Waals surface area contributed by atoms with Crippen molar-refractivity contribution in [2.45, 2.75) is 58.9 Å². The summed E-state index contributed by atoms with van der Waals surface area (Å²) in [4.78, 5) is 0. The Morgan fingerprint density at radius 3 is 1.83 bits per heavy atom. The quantitative estimate of drug-likeness (QED) is 0.726. The van der Waals surface area contributed by atoms with Crippen molar-refractivity contribution in [1.29, 1.82) is 21.0 Å². The van der Waals surface area contributed by atoms with E-state index < -0.39 is 16.9 Å². The molecule has 122 valence electrons. The summed E-state index contributed by atoms with van der Waals surface area (Å²) >= 11 is 0. The molecule has 5 heteroatoms. The fourth-order valence-corrected chi connectivity index (χ4v) is 4.12. The van der Waals surface area contributed by atoms with Gasteiger partial charge >= 0.3 is 0 Å². The van der Waals surface area contributed by atoms with Crippen LogP contribution in [0.1, 0.15) is 52.9 Å². The molecule has 0 radical (unpaired) electrons. The lowest BCUT2D eigenvalue weighted by Gasteiger charge is -2.31. The number of hydrogen-bond acceptors (Lipinski definition) is 5. The molecule has 0 amide bonds. The standard InChI is InChI=1S/C18H25N5/c1-4-7-9-23-16-14(6-3)15(8-5-2)17(10-19,11-20)18(16,12-21)13-22/h14-16,23H,4-9H2,1-3H3/t14-,15-,16-/m0/s1. The molecule has 1 aliphatic carbocycles. The lowest BCUT2D eigenvalue weighted by Crippen LogP contribution is -2.49. The van der Waals surface area contributed by atoms with Gasteiger partial charge in [-0.15, -0.1) is 0 Å². The van der Waals surface area contributed by atoms with E-state index in [1.54, 1.807) is 0 Å². The first-order chi connectivity index (χ1) is 11.1. The third-order valence-corrected chi connectivity index (χ3v) is 5.26. The Balaban J connectivity index is 3.49. The molecule has 3 atom stereocenters. The van der Waals surface area contributed by atoms with E-state index in [-0.39, 0.29) is 11.8 Å². The van der Waals surface area contributed by atoms with Crippen molar-refractivity contribution in [2.24, 2.45) is 22.7 Å². The molecule has 1 rings (SSSR count). The second kappa shape index (κ2) is 7.97. The van der Waals surface area contributed by atoms with Gasteiger partial charge in [-0.2, -0.15) is 21.0 Å². The fraction of sp³-hybridized carbons (Fsp3) is 0.778. The fourth-order valence-electron chi connectivity index (χ4n) is 4.12. The van der Waals surface area contributed by atoms with Crippen molar-refractivity contribution in [3.63, 3.8) is 0 Å². The Morgan fingerprint density at radius 2 is 1.43 bits per heavy atom. The van der Waals surface area contributed by atoms with Crippen LogP contribution in [-0.2, 0) is 0 Å². The predicted octanol–water partition coefficient (Wildman–Crippen LogP) is 3.27. The van der Waals surface area contributed by atoms with Crippen molar-refractivity contribution in [1.82, 2.24) is 5.32 Å². The van der Waals surface area contributed by atoms with Crippen LogP contribution in [0, 0.1) is 68.0 Å². The normalized spacial score (nSPS) is 27.3. The maximum atomic E-state index is 9.83. The summed E-state index contributed by atoms with van der Waals surface area (Å²) in [5.74, 6) is -0.281. The molecule has 23 heavy (non-hydrogen) atoms. The molecule has 0 unspecified atom stereocenters. The zero-order valence-electron chi connectivity index (χ0n) is 14.3. The molecular formula is C18H25N5. The zero-order valence-corrected chi connectivity index (χ0v) is 14.3. The van der Waals surface area contributed by atoms with Crippen LogP contribution in [0.15, 0.2) is 0 Å². The summed E-state index contributed by atoms with van der Waals surface area (Å²) in [5.41, 5.74) is -3.19. The average Bonchev–Trinajstić information content (AvgIpc) is 2.81. The van der Waals surface area contributed by atoms with Crippen LogP contribution in [0.2, 0.25) is 0 Å². The highest BCUT2D eigenvalue weighted by Crippen LogP contribution is 2.60. The maximum Gasteiger partial charge on any atom is 0.190 e. The lowest BCUT2D eigenvalue weighted by molar-refractivity contribution is 0.238. The smallest absolute Gasteiger partial charge is 0.190 e. The summed E-state index contributed by atoms with van der Waals surface area (Å²) in [7, 11) is 0. The molecule has 1 saturated carbocycles. The largest absolute Gasteiger partial charge is 0.311 e. The first-order valence-corrected chi connectivity index (χ1v) is 8.47. The van der Waals surface area contributed by atoms with Crippen molar-refractivity contribution in [2.75, 3.05) is 6.54 Å². The van der Waals surface area contributed by atoms with E-state index in [0.717, 1.165) is 25.7 Å². The van der Waals surface area contributed by atoms with E-state index in [2.05, 4.69) is 36.5 Å². The summed E-state index contributed by atoms with van der Waals surface area (Å²) < 4.78 is 0. The van der Waals surface area contributed by atoms with E-state index in [1.807, 2.05) is 13.8 Å². The summed E-state index contributed by atoms with van der Waals surface area (Å²) in [6, 6.07) is 7.91. The molecule has 0 spiro atoms. The van der Waals surface area contributed by atoms with Gasteiger partial charge in [-0.25, -0.2) is 0 Å². The number of nitrogens with zero attached hydrogens (tertiary/aromatic N) is 4. The third kappa shape index (κ3) is 2.67. The van der Waals surface area contributed by atoms with E-state index in [4.69, 9.17) is 0 Å². The highest BCUT2D eigenvalue weighted by Gasteiger charge is 2.71. The summed E-state index contributed by atoms with van der Waals surface area (Å²) in [5, 5.41) is 42.6. The molecule has 5 nitrogen and oxygen atoms in total. The second-order valence-corrected chi connectivity index (χ2v) is 6.32. The highest BCUT2D eigenvalue weighted by atomic mass is 15.0. The SMILES string of the molecule is CCCCN[C@H]1[C@@H](CC)[C@H](CCC)C(C#N)(C#N)C1(C#N)C#N. The zero-order chi connectivity index (χ0) is 17.5. The Bertz CT molecular complexity index is 540. The van der Waals surface area contributed by atoms with Gasteiger partial charge in [-0.3, -0.25) is 0 Å². The number of nitriles is 4. The number of nitrogens with one attached hydrogen (secondary N) is 1. The van der Waals surface area contributed by atoms with Gasteiger partial charge in [0.15, 0.2) is 10.8 Å². The average molecular weight is 311 g/mol. The molecule has 0 aromatic heterocycles. The van der Waals surface area contributed by atoms with Gasteiger partial charge in [0, 0.05) is 6.04 Å². The molecule has 0 heterocycles. The lowest BCUT2D eigenvalue weighted by atomic mass is 9.63. The van der Waals surface area contributed by atoms with Crippen molar-refractivity contribution >= 4 is 0 Å². The molecular weight excluding hydrogens is 286 g/mol. The number of unbranched alkanes of at least 4 members (excludes halogenated alkanes) is 1. The van der Waals surface area contributed by atoms with E-state index >= 15 is 0 Å². The van der Waals surface area contributed by atoms with Crippen LogP contribution in [0.3, 0.4) is 0 Å². The Kier molecular flexibility index (Phi) is 6.57. The van der Waals surface area contributed by atoms with Crippen molar-refractivity contribution in [3.05, 3.63) is 0 Å². The van der Waals surface area contributed by atoms with Gasteiger partial charge in [-0.1, -0.05) is 40.0 Å². The number of rotatable bonds is 7. The van der Waals surface area contributed by atoms with Crippen molar-refractivity contribution in [3.8, 4) is 24.3 Å². The van der Waals surface area contributed by atoms with E-state index in [1.165, 1.54) is 0 Å². The molecule has 1 aliphatic rings. The first-order valence-electron chi connectivity index (χ1n) is 8.47. The Labute approximate surface area is 139 Å². The van der Waals surface area contributed by atoms with Gasteiger partial charge in [0.1, 0.15) is 0 Å². The highest BCUT2D eigenvalue weighted by molar-refractivity contribution is 5.43. The molecule has 0 saturated heterocycles. The second-order valence-electron chi connectivity index (χ2n) is 6.32. The molecule has 1 N–H and O–H groups in total. The van der Waals surface area contributed by atoms with Crippen LogP contribution < -0.4 is 5.32 Å². The molecule has 0 aromatic rings. The van der Waals surface area contributed by atoms with Crippen LogP contribution in [0.25, 0.3) is 0 Å². The maximum absolute atomic E-state index is 9.83. The van der Waals surface area contributed by atoms with Gasteiger partial charge < -0.3 is 5.32 Å². The van der Waals surface area contributed by atoms with Crippen LogP contribution in [0.5, 0.6) is 0 Å². The Morgan fingerprint density at radius 1 is 0.870 bits per heavy atom. The van der Waals surface area contributed by atoms with Crippen molar-refractivity contribution < 1.29 is 0 Å². The minimum Gasteiger partial charge on any atom is -0.311 e. The van der Waals surface area contributed by atoms with Gasteiger partial charge in [0.25, 0.3) is 0 Å². The van der Waals surface area contributed by atoms with Gasteiger partial charge in [0.2, 0.25) is 0 Å². The monoisotopic (exact) mass is 311 g/mol. The minimum absolute atomic E-state index is 0.0228. The summed E-state index contributed by atoms with van der Waals surface area (Å²) in [6.45, 7) is 6.77. The van der Waals surface area contributed by atoms with Crippen LogP contribution in [0.4, 0.5) is 0 Å². The minimum atomic E-state index is -1.62.